The first-order valence-corrected chi connectivity index (χ1v) is 3.54. The molecule has 1 unspecified atom stereocenters. The summed E-state index contributed by atoms with van der Waals surface area (Å²) in [5.41, 5.74) is -0.922. The molecule has 0 aliphatic carbocycles. The Morgan fingerprint density at radius 2 is 2.27 bits per heavy atom. The summed E-state index contributed by atoms with van der Waals surface area (Å²) in [4.78, 5) is 10.7. The van der Waals surface area contributed by atoms with Gasteiger partial charge in [0.15, 0.2) is 0 Å². The first-order valence-electron chi connectivity index (χ1n) is 3.54. The second kappa shape index (κ2) is 4.31. The van der Waals surface area contributed by atoms with Crippen molar-refractivity contribution in [3.05, 3.63) is 0 Å². The molecule has 0 aromatic rings. The monoisotopic (exact) mass is 161 g/mol. The molecule has 0 aliphatic rings. The predicted octanol–water partition coefficient (Wildman–Crippen LogP) is 0.0856. The minimum absolute atomic E-state index is 0.190. The molecule has 0 bridgehead atoms. The molecule has 4 nitrogen and oxygen atoms in total. The van der Waals surface area contributed by atoms with Gasteiger partial charge in [-0.15, -0.1) is 0 Å². The largest absolute Gasteiger partial charge is 0.480 e. The van der Waals surface area contributed by atoms with Gasteiger partial charge in [-0.2, -0.15) is 0 Å². The van der Waals surface area contributed by atoms with Gasteiger partial charge in [0, 0.05) is 7.11 Å². The molecule has 11 heavy (non-hydrogen) atoms. The molecule has 0 aromatic carbocycles. The third-order valence-electron chi connectivity index (χ3n) is 1.88. The lowest BCUT2D eigenvalue weighted by atomic mass is 9.98. The zero-order valence-electron chi connectivity index (χ0n) is 7.18. The number of nitrogens with one attached hydrogen (secondary N) is 1. The second-order valence-corrected chi connectivity index (χ2v) is 2.42. The SMILES string of the molecule is CCC(COC)(NC)C(=O)O. The number of carbonyl (C=O) groups is 1. The van der Waals surface area contributed by atoms with E-state index in [0.29, 0.717) is 6.42 Å². The van der Waals surface area contributed by atoms with Gasteiger partial charge in [-0.25, -0.2) is 0 Å². The van der Waals surface area contributed by atoms with Crippen LogP contribution < -0.4 is 5.32 Å². The van der Waals surface area contributed by atoms with Gasteiger partial charge in [-0.05, 0) is 13.5 Å². The highest BCUT2D eigenvalue weighted by Gasteiger charge is 2.34. The number of carboxylic acids is 1. The molecule has 0 heterocycles. The van der Waals surface area contributed by atoms with E-state index < -0.39 is 11.5 Å². The summed E-state index contributed by atoms with van der Waals surface area (Å²) in [7, 11) is 3.11. The molecule has 0 spiro atoms. The zero-order chi connectivity index (χ0) is 8.91. The van der Waals surface area contributed by atoms with Gasteiger partial charge in [0.25, 0.3) is 0 Å². The van der Waals surface area contributed by atoms with E-state index in [-0.39, 0.29) is 6.61 Å². The van der Waals surface area contributed by atoms with E-state index in [0.717, 1.165) is 0 Å². The van der Waals surface area contributed by atoms with Crippen LogP contribution in [0.15, 0.2) is 0 Å². The third kappa shape index (κ3) is 2.17. The van der Waals surface area contributed by atoms with E-state index in [1.165, 1.54) is 7.11 Å². The lowest BCUT2D eigenvalue weighted by Crippen LogP contribution is -2.53. The van der Waals surface area contributed by atoms with E-state index in [2.05, 4.69) is 5.32 Å². The van der Waals surface area contributed by atoms with Crippen molar-refractivity contribution in [3.8, 4) is 0 Å². The zero-order valence-corrected chi connectivity index (χ0v) is 7.18. The first kappa shape index (κ1) is 10.4. The molecular formula is C7H15NO3. The summed E-state index contributed by atoms with van der Waals surface area (Å²) < 4.78 is 4.81. The average molecular weight is 161 g/mol. The van der Waals surface area contributed by atoms with Crippen LogP contribution in [0.4, 0.5) is 0 Å². The van der Waals surface area contributed by atoms with Gasteiger partial charge in [0.1, 0.15) is 5.54 Å². The molecule has 1 atom stereocenters. The number of carboxylic acid groups (broad SMARTS) is 1. The Labute approximate surface area is 66.5 Å². The number of ether oxygens (including phenoxy) is 1. The van der Waals surface area contributed by atoms with Crippen molar-refractivity contribution < 1.29 is 14.6 Å². The van der Waals surface area contributed by atoms with Crippen molar-refractivity contribution in [1.82, 2.24) is 5.32 Å². The Morgan fingerprint density at radius 1 is 1.73 bits per heavy atom. The quantitative estimate of drug-likeness (QED) is 0.599. The summed E-state index contributed by atoms with van der Waals surface area (Å²) in [6, 6.07) is 0. The summed E-state index contributed by atoms with van der Waals surface area (Å²) in [6.07, 6.45) is 0.507. The molecule has 66 valence electrons. The summed E-state index contributed by atoms with van der Waals surface area (Å²) >= 11 is 0. The first-order chi connectivity index (χ1) is 5.13. The molecule has 0 amide bonds. The van der Waals surface area contributed by atoms with Crippen molar-refractivity contribution in [3.63, 3.8) is 0 Å². The molecular weight excluding hydrogens is 146 g/mol. The maximum atomic E-state index is 10.7. The number of rotatable bonds is 5. The number of aliphatic carboxylic acids is 1. The van der Waals surface area contributed by atoms with Crippen molar-refractivity contribution in [2.75, 3.05) is 20.8 Å². The van der Waals surface area contributed by atoms with Gasteiger partial charge in [0.2, 0.25) is 0 Å². The highest BCUT2D eigenvalue weighted by Crippen LogP contribution is 2.09. The second-order valence-electron chi connectivity index (χ2n) is 2.42. The lowest BCUT2D eigenvalue weighted by Gasteiger charge is -2.26. The van der Waals surface area contributed by atoms with E-state index in [1.54, 1.807) is 7.05 Å². The van der Waals surface area contributed by atoms with Crippen LogP contribution in [-0.4, -0.2) is 37.4 Å². The van der Waals surface area contributed by atoms with Crippen molar-refractivity contribution in [1.29, 1.82) is 0 Å². The highest BCUT2D eigenvalue weighted by atomic mass is 16.5. The topological polar surface area (TPSA) is 58.6 Å². The van der Waals surface area contributed by atoms with Crippen LogP contribution in [0.2, 0.25) is 0 Å². The molecule has 0 aliphatic heterocycles. The van der Waals surface area contributed by atoms with E-state index in [9.17, 15) is 4.79 Å². The highest BCUT2D eigenvalue weighted by molar-refractivity contribution is 5.78. The molecule has 0 radical (unpaired) electrons. The smallest absolute Gasteiger partial charge is 0.326 e. The van der Waals surface area contributed by atoms with Crippen molar-refractivity contribution in [2.24, 2.45) is 0 Å². The van der Waals surface area contributed by atoms with Crippen LogP contribution in [-0.2, 0) is 9.53 Å². The van der Waals surface area contributed by atoms with E-state index >= 15 is 0 Å². The fraction of sp³-hybridized carbons (Fsp3) is 0.857. The van der Waals surface area contributed by atoms with Gasteiger partial charge in [0.05, 0.1) is 6.61 Å². The maximum Gasteiger partial charge on any atom is 0.326 e. The standard InChI is InChI=1S/C7H15NO3/c1-4-7(8-2,5-11-3)6(9)10/h8H,4-5H2,1-3H3,(H,9,10). The number of hydrogen-bond donors (Lipinski definition) is 2. The Balaban J connectivity index is 4.32. The minimum Gasteiger partial charge on any atom is -0.480 e. The van der Waals surface area contributed by atoms with E-state index in [4.69, 9.17) is 9.84 Å². The summed E-state index contributed by atoms with van der Waals surface area (Å²) in [5, 5.41) is 11.6. The van der Waals surface area contributed by atoms with Gasteiger partial charge >= 0.3 is 5.97 Å². The van der Waals surface area contributed by atoms with E-state index in [1.807, 2.05) is 6.92 Å². The lowest BCUT2D eigenvalue weighted by molar-refractivity contribution is -0.147. The molecule has 0 saturated carbocycles. The van der Waals surface area contributed by atoms with Gasteiger partial charge < -0.3 is 15.2 Å². The molecule has 0 saturated heterocycles. The minimum atomic E-state index is -0.922. The predicted molar refractivity (Wildman–Crippen MR) is 41.6 cm³/mol. The maximum absolute atomic E-state index is 10.7. The fourth-order valence-corrected chi connectivity index (χ4v) is 0.917. The Hall–Kier alpha value is -0.610. The van der Waals surface area contributed by atoms with Crippen molar-refractivity contribution in [2.45, 2.75) is 18.9 Å². The normalized spacial score (nSPS) is 15.9. The Kier molecular flexibility index (Phi) is 4.07. The van der Waals surface area contributed by atoms with Crippen LogP contribution in [0, 0.1) is 0 Å². The number of likely N-dealkylation sites (N-methyl/N-ethyl adjacent to an activating group) is 1. The molecule has 2 N–H and O–H groups in total. The summed E-state index contributed by atoms with van der Waals surface area (Å²) in [6.45, 7) is 2.00. The molecule has 4 heteroatoms. The fourth-order valence-electron chi connectivity index (χ4n) is 0.917. The van der Waals surface area contributed by atoms with Crippen molar-refractivity contribution >= 4 is 5.97 Å². The molecule has 0 aromatic heterocycles. The molecule has 0 rings (SSSR count). The van der Waals surface area contributed by atoms with Crippen LogP contribution >= 0.6 is 0 Å². The Morgan fingerprint density at radius 3 is 2.36 bits per heavy atom. The summed E-state index contributed by atoms with van der Waals surface area (Å²) in [5.74, 6) is -0.871. The van der Waals surface area contributed by atoms with Gasteiger partial charge in [-0.3, -0.25) is 4.79 Å². The van der Waals surface area contributed by atoms with Gasteiger partial charge in [-0.1, -0.05) is 6.92 Å². The van der Waals surface area contributed by atoms with Crippen LogP contribution in [0.1, 0.15) is 13.3 Å². The van der Waals surface area contributed by atoms with Crippen LogP contribution in [0.25, 0.3) is 0 Å². The van der Waals surface area contributed by atoms with Crippen LogP contribution in [0.5, 0.6) is 0 Å². The number of hydrogen-bond acceptors (Lipinski definition) is 3. The number of methoxy groups -OCH3 is 1. The average Bonchev–Trinajstić information content (AvgIpc) is 2.00. The molecule has 0 fully saturated rings. The third-order valence-corrected chi connectivity index (χ3v) is 1.88. The van der Waals surface area contributed by atoms with Crippen LogP contribution in [0.3, 0.4) is 0 Å². The Bertz CT molecular complexity index is 132.